The van der Waals surface area contributed by atoms with Crippen LogP contribution in [0.5, 0.6) is 0 Å². The molecule has 0 radical (unpaired) electrons. The Hall–Kier alpha value is -4.25. The highest BCUT2D eigenvalue weighted by Gasteiger charge is 2.53. The Morgan fingerprint density at radius 2 is 0.805 bits per heavy atom. The minimum Gasteiger partial charge on any atom is -0.0622 e. The maximum absolute atomic E-state index is 2.51. The van der Waals surface area contributed by atoms with Crippen LogP contribution < -0.4 is 15.9 Å². The topological polar surface area (TPSA) is 0 Å². The first-order chi connectivity index (χ1) is 20.1. The summed E-state index contributed by atoms with van der Waals surface area (Å²) >= 11 is 0. The fraction of sp³-hybridized carbons (Fsp3) is 0.100. The van der Waals surface area contributed by atoms with E-state index < -0.39 is 7.92 Å². The lowest BCUT2D eigenvalue weighted by atomic mass is 9.55. The lowest BCUT2D eigenvalue weighted by molar-refractivity contribution is 0.563. The van der Waals surface area contributed by atoms with Gasteiger partial charge in [0, 0.05) is 5.41 Å². The molecule has 0 saturated carbocycles. The van der Waals surface area contributed by atoms with Crippen molar-refractivity contribution < 1.29 is 0 Å². The van der Waals surface area contributed by atoms with Gasteiger partial charge in [-0.1, -0.05) is 159 Å². The molecule has 0 nitrogen and oxygen atoms in total. The van der Waals surface area contributed by atoms with E-state index in [0.29, 0.717) is 0 Å². The molecule has 0 fully saturated rings. The molecule has 196 valence electrons. The summed E-state index contributed by atoms with van der Waals surface area (Å²) in [4.78, 5) is 0. The van der Waals surface area contributed by atoms with Crippen LogP contribution in [-0.2, 0) is 10.8 Å². The fourth-order valence-corrected chi connectivity index (χ4v) is 9.91. The Morgan fingerprint density at radius 1 is 0.366 bits per heavy atom. The van der Waals surface area contributed by atoms with E-state index in [2.05, 4.69) is 166 Å². The summed E-state index contributed by atoms with van der Waals surface area (Å²) in [6.07, 6.45) is 0. The quantitative estimate of drug-likeness (QED) is 0.197. The molecule has 0 unspecified atom stereocenters. The molecule has 1 heteroatoms. The maximum Gasteiger partial charge on any atom is 0.0719 e. The molecule has 0 amide bonds. The van der Waals surface area contributed by atoms with Crippen molar-refractivity contribution >= 4 is 23.8 Å². The van der Waals surface area contributed by atoms with Gasteiger partial charge in [-0.05, 0) is 74.4 Å². The predicted molar refractivity (Wildman–Crippen MR) is 175 cm³/mol. The van der Waals surface area contributed by atoms with E-state index in [9.17, 15) is 0 Å². The number of fused-ring (bicyclic) bond motifs is 9. The fourth-order valence-electron chi connectivity index (χ4n) is 7.59. The smallest absolute Gasteiger partial charge is 0.0622 e. The zero-order valence-electron chi connectivity index (χ0n) is 23.4. The number of hydrogen-bond acceptors (Lipinski definition) is 0. The maximum atomic E-state index is 2.51. The van der Waals surface area contributed by atoms with E-state index in [-0.39, 0.29) is 10.8 Å². The molecule has 0 saturated heterocycles. The summed E-state index contributed by atoms with van der Waals surface area (Å²) in [7, 11) is -0.691. The number of rotatable bonds is 3. The first-order valence-electron chi connectivity index (χ1n) is 14.5. The van der Waals surface area contributed by atoms with Crippen molar-refractivity contribution in [2.24, 2.45) is 0 Å². The van der Waals surface area contributed by atoms with Crippen LogP contribution in [0.25, 0.3) is 11.1 Å². The lowest BCUT2D eigenvalue weighted by Gasteiger charge is -2.46. The van der Waals surface area contributed by atoms with Crippen molar-refractivity contribution in [3.05, 3.63) is 185 Å². The molecular formula is C40H31P. The standard InChI is InChI=1S/C40H31P/c1-39(2)35-21-11-13-23-37(35)40(38-24-14-12-22-36(38)39)33-20-10-9-19-31(33)32-27-30(25-26-34(32)40)41(28-15-5-3-6-16-28)29-17-7-4-8-18-29/h3-27H,1-2H3. The Bertz CT molecular complexity index is 1830. The van der Waals surface area contributed by atoms with Crippen LogP contribution in [0.3, 0.4) is 0 Å². The minimum absolute atomic E-state index is 0.0784. The van der Waals surface area contributed by atoms with Gasteiger partial charge in [-0.25, -0.2) is 0 Å². The van der Waals surface area contributed by atoms with Gasteiger partial charge in [-0.2, -0.15) is 0 Å². The molecule has 6 aromatic rings. The monoisotopic (exact) mass is 542 g/mol. The highest BCUT2D eigenvalue weighted by Crippen LogP contribution is 2.62. The van der Waals surface area contributed by atoms with Gasteiger partial charge in [0.15, 0.2) is 0 Å². The summed E-state index contributed by atoms with van der Waals surface area (Å²) < 4.78 is 0. The first kappa shape index (κ1) is 24.5. The van der Waals surface area contributed by atoms with Crippen molar-refractivity contribution in [1.82, 2.24) is 0 Å². The van der Waals surface area contributed by atoms with Gasteiger partial charge in [0.05, 0.1) is 5.41 Å². The molecule has 0 heterocycles. The SMILES string of the molecule is CC1(C)c2ccccc2C2(c3ccccc3-c3cc(P(c4ccccc4)c4ccccc4)ccc32)c2ccccc21. The van der Waals surface area contributed by atoms with Crippen molar-refractivity contribution in [3.8, 4) is 11.1 Å². The summed E-state index contributed by atoms with van der Waals surface area (Å²) in [5, 5.41) is 4.15. The molecule has 0 aromatic heterocycles. The van der Waals surface area contributed by atoms with Gasteiger partial charge in [-0.3, -0.25) is 0 Å². The third-order valence-electron chi connectivity index (χ3n) is 9.32. The molecule has 0 atom stereocenters. The van der Waals surface area contributed by atoms with Crippen LogP contribution in [0.1, 0.15) is 47.2 Å². The normalized spacial score (nSPS) is 15.2. The molecule has 8 rings (SSSR count). The Morgan fingerprint density at radius 3 is 1.37 bits per heavy atom. The van der Waals surface area contributed by atoms with Crippen molar-refractivity contribution in [2.45, 2.75) is 24.7 Å². The highest BCUT2D eigenvalue weighted by molar-refractivity contribution is 7.79. The van der Waals surface area contributed by atoms with Gasteiger partial charge in [0.2, 0.25) is 0 Å². The second-order valence-electron chi connectivity index (χ2n) is 11.7. The molecule has 41 heavy (non-hydrogen) atoms. The third kappa shape index (κ3) is 3.38. The zero-order chi connectivity index (χ0) is 27.6. The molecule has 2 aliphatic rings. The molecule has 6 aromatic carbocycles. The summed E-state index contributed by atoms with van der Waals surface area (Å²) in [6, 6.07) is 56.9. The largest absolute Gasteiger partial charge is 0.0719 e. The Labute approximate surface area is 244 Å². The van der Waals surface area contributed by atoms with Gasteiger partial charge < -0.3 is 0 Å². The molecule has 0 N–H and O–H groups in total. The van der Waals surface area contributed by atoms with Crippen LogP contribution in [-0.4, -0.2) is 0 Å². The van der Waals surface area contributed by atoms with Crippen LogP contribution >= 0.6 is 7.92 Å². The van der Waals surface area contributed by atoms with Crippen molar-refractivity contribution in [1.29, 1.82) is 0 Å². The van der Waals surface area contributed by atoms with E-state index in [4.69, 9.17) is 0 Å². The van der Waals surface area contributed by atoms with Crippen LogP contribution in [0.4, 0.5) is 0 Å². The zero-order valence-corrected chi connectivity index (χ0v) is 24.3. The van der Waals surface area contributed by atoms with Gasteiger partial charge >= 0.3 is 0 Å². The van der Waals surface area contributed by atoms with Gasteiger partial charge in [-0.15, -0.1) is 0 Å². The summed E-state index contributed by atoms with van der Waals surface area (Å²) in [6.45, 7) is 4.77. The van der Waals surface area contributed by atoms with Gasteiger partial charge in [0.1, 0.15) is 0 Å². The van der Waals surface area contributed by atoms with E-state index in [1.54, 1.807) is 0 Å². The Kier molecular flexibility index (Phi) is 5.47. The Balaban J connectivity index is 1.45. The molecule has 0 bridgehead atoms. The second kappa shape index (κ2) is 9.13. The molecular weight excluding hydrogens is 511 g/mol. The predicted octanol–water partition coefficient (Wildman–Crippen LogP) is 8.45. The number of benzene rings is 6. The lowest BCUT2D eigenvalue weighted by Crippen LogP contribution is -2.40. The third-order valence-corrected chi connectivity index (χ3v) is 11.7. The second-order valence-corrected chi connectivity index (χ2v) is 14.0. The van der Waals surface area contributed by atoms with Crippen LogP contribution in [0.2, 0.25) is 0 Å². The summed E-state index contributed by atoms with van der Waals surface area (Å²) in [5.74, 6) is 0. The van der Waals surface area contributed by atoms with E-state index >= 15 is 0 Å². The minimum atomic E-state index is -0.691. The number of hydrogen-bond donors (Lipinski definition) is 0. The first-order valence-corrected chi connectivity index (χ1v) is 15.8. The summed E-state index contributed by atoms with van der Waals surface area (Å²) in [5.41, 5.74) is 10.8. The highest BCUT2D eigenvalue weighted by atomic mass is 31.1. The van der Waals surface area contributed by atoms with E-state index in [1.807, 2.05) is 0 Å². The average molecular weight is 543 g/mol. The van der Waals surface area contributed by atoms with E-state index in [0.717, 1.165) is 0 Å². The molecule has 0 aliphatic heterocycles. The molecule has 1 spiro atoms. The van der Waals surface area contributed by atoms with Gasteiger partial charge in [0.25, 0.3) is 0 Å². The van der Waals surface area contributed by atoms with Crippen LogP contribution in [0.15, 0.2) is 152 Å². The van der Waals surface area contributed by atoms with Crippen molar-refractivity contribution in [3.63, 3.8) is 0 Å². The molecule has 2 aliphatic carbocycles. The van der Waals surface area contributed by atoms with Crippen LogP contribution in [0, 0.1) is 0 Å². The average Bonchev–Trinajstić information content (AvgIpc) is 3.32. The van der Waals surface area contributed by atoms with E-state index in [1.165, 1.54) is 60.4 Å². The van der Waals surface area contributed by atoms with Crippen molar-refractivity contribution in [2.75, 3.05) is 0 Å².